The maximum Gasteiger partial charge on any atom is 0.306 e. The highest BCUT2D eigenvalue weighted by molar-refractivity contribution is 5.71. The Labute approximate surface area is 362 Å². The Morgan fingerprint density at radius 1 is 0.356 bits per heavy atom. The first-order valence-corrected chi connectivity index (χ1v) is 23.8. The van der Waals surface area contributed by atoms with E-state index in [1.807, 2.05) is 54.7 Å². The van der Waals surface area contributed by atoms with Crippen molar-refractivity contribution < 1.29 is 28.6 Å². The van der Waals surface area contributed by atoms with E-state index in [-0.39, 0.29) is 31.1 Å². The number of rotatable bonds is 41. The lowest BCUT2D eigenvalue weighted by molar-refractivity contribution is -0.167. The number of allylic oxidation sites excluding steroid dienone is 16. The molecular formula is C53H86O6. The van der Waals surface area contributed by atoms with Crippen LogP contribution in [0, 0.1) is 0 Å². The van der Waals surface area contributed by atoms with E-state index in [4.69, 9.17) is 14.2 Å². The quantitative estimate of drug-likeness (QED) is 0.0265. The van der Waals surface area contributed by atoms with E-state index >= 15 is 0 Å². The topological polar surface area (TPSA) is 78.9 Å². The molecule has 0 bridgehead atoms. The third-order valence-corrected chi connectivity index (χ3v) is 9.77. The van der Waals surface area contributed by atoms with Gasteiger partial charge in [0.25, 0.3) is 0 Å². The fraction of sp³-hybridized carbons (Fsp3) is 0.642. The van der Waals surface area contributed by atoms with Gasteiger partial charge in [0.15, 0.2) is 6.10 Å². The van der Waals surface area contributed by atoms with Crippen LogP contribution in [0.15, 0.2) is 97.2 Å². The molecule has 0 fully saturated rings. The summed E-state index contributed by atoms with van der Waals surface area (Å²) in [6.45, 7) is 6.29. The maximum absolute atomic E-state index is 12.7. The molecule has 0 heterocycles. The number of unbranched alkanes of at least 4 members (excludes halogenated alkanes) is 20. The summed E-state index contributed by atoms with van der Waals surface area (Å²) < 4.78 is 16.7. The molecular weight excluding hydrogens is 733 g/mol. The Balaban J connectivity index is 4.50. The first-order valence-electron chi connectivity index (χ1n) is 23.8. The summed E-state index contributed by atoms with van der Waals surface area (Å²) in [4.78, 5) is 37.8. The molecule has 59 heavy (non-hydrogen) atoms. The highest BCUT2D eigenvalue weighted by Crippen LogP contribution is 2.14. The van der Waals surface area contributed by atoms with E-state index < -0.39 is 6.10 Å². The molecule has 0 amide bonds. The van der Waals surface area contributed by atoms with Crippen LogP contribution in [0.5, 0.6) is 0 Å². The summed E-state index contributed by atoms with van der Waals surface area (Å²) in [5, 5.41) is 0. The lowest BCUT2D eigenvalue weighted by Crippen LogP contribution is -2.30. The third-order valence-electron chi connectivity index (χ3n) is 9.77. The average Bonchev–Trinajstić information content (AvgIpc) is 3.23. The van der Waals surface area contributed by atoms with Crippen LogP contribution in [0.4, 0.5) is 0 Å². The summed E-state index contributed by atoms with van der Waals surface area (Å²) in [5.41, 5.74) is 0. The molecule has 0 radical (unpaired) electrons. The third kappa shape index (κ3) is 45.3. The molecule has 0 aliphatic rings. The minimum absolute atomic E-state index is 0.0997. The van der Waals surface area contributed by atoms with Crippen molar-refractivity contribution in [2.24, 2.45) is 0 Å². The monoisotopic (exact) mass is 819 g/mol. The van der Waals surface area contributed by atoms with Crippen LogP contribution in [-0.4, -0.2) is 37.2 Å². The molecule has 1 unspecified atom stereocenters. The molecule has 0 rings (SSSR count). The van der Waals surface area contributed by atoms with E-state index in [9.17, 15) is 14.4 Å². The van der Waals surface area contributed by atoms with Gasteiger partial charge in [0, 0.05) is 19.3 Å². The van der Waals surface area contributed by atoms with Crippen LogP contribution in [0.1, 0.15) is 201 Å². The van der Waals surface area contributed by atoms with Crippen molar-refractivity contribution in [2.75, 3.05) is 13.2 Å². The average molecular weight is 819 g/mol. The SMILES string of the molecule is CC/C=C/C=C/C=C/C=C/C=C/CCCCCC(=O)OCC(COC(=O)CCCCCCCCCCCCCCC)OC(=O)CCCCCCC/C=C/C=C/C=C/CC. The van der Waals surface area contributed by atoms with Crippen molar-refractivity contribution in [3.05, 3.63) is 97.2 Å². The number of carbonyl (C=O) groups is 3. The maximum atomic E-state index is 12.7. The van der Waals surface area contributed by atoms with Crippen molar-refractivity contribution >= 4 is 17.9 Å². The lowest BCUT2D eigenvalue weighted by Gasteiger charge is -2.18. The Morgan fingerprint density at radius 2 is 0.661 bits per heavy atom. The van der Waals surface area contributed by atoms with Gasteiger partial charge in [-0.05, 0) is 57.8 Å². The highest BCUT2D eigenvalue weighted by atomic mass is 16.6. The largest absolute Gasteiger partial charge is 0.462 e. The molecule has 0 saturated heterocycles. The van der Waals surface area contributed by atoms with Crippen molar-refractivity contribution in [1.82, 2.24) is 0 Å². The smallest absolute Gasteiger partial charge is 0.306 e. The summed E-state index contributed by atoms with van der Waals surface area (Å²) in [6, 6.07) is 0. The second-order valence-corrected chi connectivity index (χ2v) is 15.4. The van der Waals surface area contributed by atoms with Crippen LogP contribution in [0.2, 0.25) is 0 Å². The molecule has 6 heteroatoms. The molecule has 0 N–H and O–H groups in total. The summed E-state index contributed by atoms with van der Waals surface area (Å²) in [5.74, 6) is -0.970. The molecule has 0 aliphatic heterocycles. The minimum Gasteiger partial charge on any atom is -0.462 e. The highest BCUT2D eigenvalue weighted by Gasteiger charge is 2.19. The van der Waals surface area contributed by atoms with E-state index in [0.29, 0.717) is 19.3 Å². The second-order valence-electron chi connectivity index (χ2n) is 15.4. The molecule has 0 aromatic carbocycles. The van der Waals surface area contributed by atoms with Crippen molar-refractivity contribution in [3.63, 3.8) is 0 Å². The predicted octanol–water partition coefficient (Wildman–Crippen LogP) is 15.4. The molecule has 6 nitrogen and oxygen atoms in total. The van der Waals surface area contributed by atoms with Gasteiger partial charge in [0.2, 0.25) is 0 Å². The van der Waals surface area contributed by atoms with Crippen LogP contribution in [0.3, 0.4) is 0 Å². The zero-order valence-corrected chi connectivity index (χ0v) is 38.0. The van der Waals surface area contributed by atoms with E-state index in [0.717, 1.165) is 96.3 Å². The fourth-order valence-corrected chi connectivity index (χ4v) is 6.23. The molecule has 0 spiro atoms. The van der Waals surface area contributed by atoms with Gasteiger partial charge in [-0.15, -0.1) is 0 Å². The molecule has 0 aliphatic carbocycles. The van der Waals surface area contributed by atoms with E-state index in [2.05, 4.69) is 63.3 Å². The predicted molar refractivity (Wildman–Crippen MR) is 251 cm³/mol. The van der Waals surface area contributed by atoms with Crippen LogP contribution in [-0.2, 0) is 28.6 Å². The molecule has 0 saturated carbocycles. The summed E-state index contributed by atoms with van der Waals surface area (Å²) >= 11 is 0. The first kappa shape index (κ1) is 55.3. The van der Waals surface area contributed by atoms with Gasteiger partial charge in [0.1, 0.15) is 13.2 Å². The van der Waals surface area contributed by atoms with E-state index in [1.165, 1.54) is 64.2 Å². The van der Waals surface area contributed by atoms with Gasteiger partial charge in [-0.1, -0.05) is 221 Å². The van der Waals surface area contributed by atoms with Gasteiger partial charge >= 0.3 is 17.9 Å². The Hall–Kier alpha value is -3.67. The van der Waals surface area contributed by atoms with Gasteiger partial charge in [-0.25, -0.2) is 0 Å². The number of carbonyl (C=O) groups excluding carboxylic acids is 3. The van der Waals surface area contributed by atoms with Crippen LogP contribution < -0.4 is 0 Å². The second kappa shape index (κ2) is 47.0. The molecule has 334 valence electrons. The molecule has 0 aromatic rings. The van der Waals surface area contributed by atoms with Crippen LogP contribution >= 0.6 is 0 Å². The zero-order valence-electron chi connectivity index (χ0n) is 38.0. The number of esters is 3. The zero-order chi connectivity index (χ0) is 43.0. The van der Waals surface area contributed by atoms with Crippen LogP contribution in [0.25, 0.3) is 0 Å². The molecule has 1 atom stereocenters. The summed E-state index contributed by atoms with van der Waals surface area (Å²) in [7, 11) is 0. The Kier molecular flexibility index (Phi) is 44.1. The normalized spacial score (nSPS) is 12.9. The summed E-state index contributed by atoms with van der Waals surface area (Å²) in [6.07, 6.45) is 61.0. The number of ether oxygens (including phenoxy) is 3. The van der Waals surface area contributed by atoms with Gasteiger partial charge < -0.3 is 14.2 Å². The Bertz CT molecular complexity index is 1220. The minimum atomic E-state index is -0.803. The van der Waals surface area contributed by atoms with Crippen molar-refractivity contribution in [2.45, 2.75) is 207 Å². The van der Waals surface area contributed by atoms with E-state index in [1.54, 1.807) is 0 Å². The standard InChI is InChI=1S/C53H86O6/c1-4-7-10-13-16-19-22-25-26-29-31-34-37-40-43-46-52(55)58-49-50(59-53(56)47-44-41-38-35-32-28-24-21-18-15-12-9-6-3)48-57-51(54)45-42-39-36-33-30-27-23-20-17-14-11-8-5-2/h7,9-10,12-13,15-16,18-19,21-22,24-26,29,31,50H,4-6,8,11,14,17,20,23,27-28,30,32-49H2,1-3H3/b10-7+,12-9+,16-13+,18-15+,22-19+,24-21+,26-25+,31-29+. The number of hydrogen-bond acceptors (Lipinski definition) is 6. The van der Waals surface area contributed by atoms with Crippen molar-refractivity contribution in [3.8, 4) is 0 Å². The van der Waals surface area contributed by atoms with Gasteiger partial charge in [0.05, 0.1) is 0 Å². The van der Waals surface area contributed by atoms with Gasteiger partial charge in [-0.3, -0.25) is 14.4 Å². The fourth-order valence-electron chi connectivity index (χ4n) is 6.23. The van der Waals surface area contributed by atoms with Gasteiger partial charge in [-0.2, -0.15) is 0 Å². The first-order chi connectivity index (χ1) is 29.0. The lowest BCUT2D eigenvalue weighted by atomic mass is 10.0. The Morgan fingerprint density at radius 3 is 1.05 bits per heavy atom. The molecule has 0 aromatic heterocycles. The number of hydrogen-bond donors (Lipinski definition) is 0. The van der Waals surface area contributed by atoms with Crippen molar-refractivity contribution in [1.29, 1.82) is 0 Å².